The number of carbonyl (C=O) groups is 3. The Labute approximate surface area is 163 Å². The first-order valence-electron chi connectivity index (χ1n) is 7.57. The van der Waals surface area contributed by atoms with Crippen LogP contribution in [-0.4, -0.2) is 45.5 Å². The number of carbonyl (C=O) groups excluding carboxylic acids is 3. The van der Waals surface area contributed by atoms with Gasteiger partial charge >= 0.3 is 6.09 Å². The number of hydrogen-bond acceptors (Lipinski definition) is 5. The van der Waals surface area contributed by atoms with Crippen molar-refractivity contribution in [1.82, 2.24) is 10.4 Å². The smallest absolute Gasteiger partial charge is 0.407 e. The van der Waals surface area contributed by atoms with Crippen LogP contribution >= 0.6 is 34.8 Å². The van der Waals surface area contributed by atoms with Crippen LogP contribution in [0.25, 0.3) is 0 Å². The molecule has 1 N–H and O–H groups in total. The average Bonchev–Trinajstić information content (AvgIpc) is 3.11. The maximum atomic E-state index is 12.3. The summed E-state index contributed by atoms with van der Waals surface area (Å²) in [6.45, 7) is -0.427. The molecule has 1 aliphatic carbocycles. The maximum Gasteiger partial charge on any atom is 0.407 e. The zero-order valence-electron chi connectivity index (χ0n) is 13.2. The summed E-state index contributed by atoms with van der Waals surface area (Å²) in [6, 6.07) is 5.82. The fraction of sp³-hybridized carbons (Fsp3) is 0.312. The van der Waals surface area contributed by atoms with Gasteiger partial charge in [0.1, 0.15) is 12.7 Å². The number of ether oxygens (including phenoxy) is 1. The summed E-state index contributed by atoms with van der Waals surface area (Å²) in [6.07, 6.45) is 2.34. The van der Waals surface area contributed by atoms with Crippen molar-refractivity contribution >= 4 is 52.7 Å². The lowest BCUT2D eigenvalue weighted by atomic mass is 10.1. The Morgan fingerprint density at radius 3 is 2.38 bits per heavy atom. The molecule has 0 radical (unpaired) electrons. The average molecular weight is 420 g/mol. The standard InChI is InChI=1S/C16H13Cl3N2O5/c17-16(18,19)8-25-15(24)20-11-6-3-7-12(11)26-21-13(22)9-4-1-2-5-10(9)14(21)23/h1-6,11-12H,7-8H2,(H,20,24)/t11-,12+/m1/s1. The first kappa shape index (κ1) is 19.0. The third-order valence-electron chi connectivity index (χ3n) is 3.76. The molecule has 3 rings (SSSR count). The maximum absolute atomic E-state index is 12.3. The Kier molecular flexibility index (Phi) is 5.43. The molecule has 0 aromatic heterocycles. The van der Waals surface area contributed by atoms with Gasteiger partial charge in [0.15, 0.2) is 0 Å². The van der Waals surface area contributed by atoms with E-state index in [1.807, 2.05) is 0 Å². The summed E-state index contributed by atoms with van der Waals surface area (Å²) in [5.74, 6) is -1.09. The Balaban J connectivity index is 1.61. The minimum atomic E-state index is -1.72. The second-order valence-corrected chi connectivity index (χ2v) is 8.14. The molecule has 1 aliphatic heterocycles. The van der Waals surface area contributed by atoms with Crippen molar-refractivity contribution in [2.24, 2.45) is 0 Å². The second kappa shape index (κ2) is 7.44. The third kappa shape index (κ3) is 4.12. The molecule has 0 bridgehead atoms. The minimum Gasteiger partial charge on any atom is -0.445 e. The largest absolute Gasteiger partial charge is 0.445 e. The lowest BCUT2D eigenvalue weighted by molar-refractivity contribution is -0.133. The molecule has 0 fully saturated rings. The monoisotopic (exact) mass is 418 g/mol. The molecule has 1 aromatic carbocycles. The number of hydrogen-bond donors (Lipinski definition) is 1. The fourth-order valence-electron chi connectivity index (χ4n) is 2.60. The van der Waals surface area contributed by atoms with E-state index in [-0.39, 0.29) is 11.1 Å². The minimum absolute atomic E-state index is 0.273. The molecule has 138 valence electrons. The molecule has 7 nitrogen and oxygen atoms in total. The van der Waals surface area contributed by atoms with Crippen molar-refractivity contribution < 1.29 is 24.0 Å². The van der Waals surface area contributed by atoms with Gasteiger partial charge in [0.25, 0.3) is 11.8 Å². The van der Waals surface area contributed by atoms with Crippen LogP contribution in [0.2, 0.25) is 0 Å². The molecule has 26 heavy (non-hydrogen) atoms. The molecule has 10 heteroatoms. The predicted octanol–water partition coefficient (Wildman–Crippen LogP) is 3.01. The van der Waals surface area contributed by atoms with Crippen LogP contribution in [0.1, 0.15) is 27.1 Å². The van der Waals surface area contributed by atoms with Gasteiger partial charge in [-0.3, -0.25) is 14.4 Å². The number of imide groups is 1. The van der Waals surface area contributed by atoms with Crippen molar-refractivity contribution in [3.8, 4) is 0 Å². The molecule has 1 aromatic rings. The van der Waals surface area contributed by atoms with E-state index >= 15 is 0 Å². The highest BCUT2D eigenvalue weighted by Crippen LogP contribution is 2.27. The normalized spacial score (nSPS) is 21.9. The number of alkyl carbamates (subject to hydrolysis) is 1. The molecule has 0 spiro atoms. The Morgan fingerprint density at radius 2 is 1.81 bits per heavy atom. The van der Waals surface area contributed by atoms with E-state index in [0.29, 0.717) is 11.5 Å². The molecular formula is C16H13Cl3N2O5. The van der Waals surface area contributed by atoms with Crippen molar-refractivity contribution in [2.45, 2.75) is 22.4 Å². The Bertz CT molecular complexity index is 742. The van der Waals surface area contributed by atoms with E-state index in [9.17, 15) is 14.4 Å². The summed E-state index contributed by atoms with van der Waals surface area (Å²) in [7, 11) is 0. The molecule has 1 heterocycles. The van der Waals surface area contributed by atoms with Crippen LogP contribution in [0.4, 0.5) is 4.79 Å². The molecule has 0 saturated heterocycles. The van der Waals surface area contributed by atoms with Gasteiger partial charge in [-0.15, -0.1) is 5.06 Å². The molecular weight excluding hydrogens is 407 g/mol. The van der Waals surface area contributed by atoms with Crippen molar-refractivity contribution in [3.05, 3.63) is 47.5 Å². The number of alkyl halides is 3. The first-order valence-corrected chi connectivity index (χ1v) is 8.71. The van der Waals surface area contributed by atoms with Crippen LogP contribution in [-0.2, 0) is 9.57 Å². The lowest BCUT2D eigenvalue weighted by Gasteiger charge is -2.24. The van der Waals surface area contributed by atoms with Gasteiger partial charge in [0.2, 0.25) is 3.79 Å². The lowest BCUT2D eigenvalue weighted by Crippen LogP contribution is -2.45. The summed E-state index contributed by atoms with van der Waals surface area (Å²) in [5.41, 5.74) is 0.546. The molecule has 2 aliphatic rings. The Morgan fingerprint density at radius 1 is 1.19 bits per heavy atom. The van der Waals surface area contributed by atoms with Gasteiger partial charge in [-0.05, 0) is 18.6 Å². The van der Waals surface area contributed by atoms with Crippen molar-refractivity contribution in [1.29, 1.82) is 0 Å². The van der Waals surface area contributed by atoms with E-state index < -0.39 is 40.5 Å². The van der Waals surface area contributed by atoms with E-state index in [2.05, 4.69) is 5.32 Å². The van der Waals surface area contributed by atoms with Gasteiger partial charge in [-0.1, -0.05) is 59.1 Å². The number of rotatable bonds is 4. The SMILES string of the molecule is O=C(N[C@@H]1C=CC[C@@H]1ON1C(=O)c2ccccc2C1=O)OCC(Cl)(Cl)Cl. The number of benzene rings is 1. The highest BCUT2D eigenvalue weighted by atomic mass is 35.6. The summed E-state index contributed by atoms with van der Waals surface area (Å²) in [4.78, 5) is 42.0. The van der Waals surface area contributed by atoms with Crippen LogP contribution in [0.3, 0.4) is 0 Å². The van der Waals surface area contributed by atoms with Gasteiger partial charge in [-0.2, -0.15) is 0 Å². The number of nitrogens with zero attached hydrogens (tertiary/aromatic N) is 1. The second-order valence-electron chi connectivity index (χ2n) is 5.62. The zero-order valence-corrected chi connectivity index (χ0v) is 15.4. The number of halogens is 3. The van der Waals surface area contributed by atoms with E-state index in [1.54, 1.807) is 36.4 Å². The van der Waals surface area contributed by atoms with Crippen molar-refractivity contribution in [3.63, 3.8) is 0 Å². The summed E-state index contributed by atoms with van der Waals surface area (Å²) < 4.78 is 3.07. The van der Waals surface area contributed by atoms with Crippen LogP contribution < -0.4 is 5.32 Å². The fourth-order valence-corrected chi connectivity index (χ4v) is 2.77. The first-order chi connectivity index (χ1) is 12.3. The van der Waals surface area contributed by atoms with Gasteiger partial charge in [-0.25, -0.2) is 4.79 Å². The van der Waals surface area contributed by atoms with Crippen LogP contribution in [0.15, 0.2) is 36.4 Å². The third-order valence-corrected chi connectivity index (χ3v) is 4.09. The number of nitrogens with one attached hydrogen (secondary N) is 1. The van der Waals surface area contributed by atoms with Gasteiger partial charge < -0.3 is 10.1 Å². The Hall–Kier alpha value is -1.80. The molecule has 0 saturated carbocycles. The highest BCUT2D eigenvalue weighted by molar-refractivity contribution is 6.67. The molecule has 2 atom stereocenters. The van der Waals surface area contributed by atoms with Gasteiger partial charge in [0, 0.05) is 0 Å². The van der Waals surface area contributed by atoms with Crippen LogP contribution in [0, 0.1) is 0 Å². The summed E-state index contributed by atoms with van der Waals surface area (Å²) >= 11 is 16.6. The van der Waals surface area contributed by atoms with E-state index in [0.717, 1.165) is 0 Å². The number of fused-ring (bicyclic) bond motifs is 1. The van der Waals surface area contributed by atoms with Gasteiger partial charge in [0.05, 0.1) is 17.2 Å². The summed E-state index contributed by atoms with van der Waals surface area (Å²) in [5, 5.41) is 3.24. The quantitative estimate of drug-likeness (QED) is 0.461. The molecule has 3 amide bonds. The zero-order chi connectivity index (χ0) is 18.9. The van der Waals surface area contributed by atoms with Crippen LogP contribution in [0.5, 0.6) is 0 Å². The topological polar surface area (TPSA) is 84.9 Å². The van der Waals surface area contributed by atoms with E-state index in [1.165, 1.54) is 0 Å². The number of amides is 3. The number of hydroxylamine groups is 2. The molecule has 0 unspecified atom stereocenters. The highest BCUT2D eigenvalue weighted by Gasteiger charge is 2.40. The van der Waals surface area contributed by atoms with E-state index in [4.69, 9.17) is 44.4 Å². The predicted molar refractivity (Wildman–Crippen MR) is 94.1 cm³/mol. The van der Waals surface area contributed by atoms with Crippen molar-refractivity contribution in [2.75, 3.05) is 6.61 Å².